The van der Waals surface area contributed by atoms with Gasteiger partial charge in [-0.25, -0.2) is 4.79 Å². The molecule has 0 spiro atoms. The summed E-state index contributed by atoms with van der Waals surface area (Å²) in [5.41, 5.74) is 3.06. The van der Waals surface area contributed by atoms with Crippen LogP contribution >= 0.6 is 0 Å². The second-order valence-corrected chi connectivity index (χ2v) is 4.39. The Hall–Kier alpha value is -2.76. The molecular formula is C14H12N4O2. The van der Waals surface area contributed by atoms with E-state index in [4.69, 9.17) is 4.42 Å². The summed E-state index contributed by atoms with van der Waals surface area (Å²) in [6.45, 7) is 3.28. The van der Waals surface area contributed by atoms with Gasteiger partial charge in [-0.2, -0.15) is 10.2 Å². The molecule has 0 unspecified atom stereocenters. The lowest BCUT2D eigenvalue weighted by molar-refractivity contribution is 0.530. The van der Waals surface area contributed by atoms with Crippen LogP contribution < -0.4 is 5.76 Å². The molecular weight excluding hydrogens is 256 g/mol. The Balaban J connectivity index is 2.22. The van der Waals surface area contributed by atoms with E-state index in [1.54, 1.807) is 19.5 Å². The van der Waals surface area contributed by atoms with Crippen molar-refractivity contribution in [3.05, 3.63) is 40.5 Å². The number of pyridine rings is 1. The van der Waals surface area contributed by atoms with Crippen molar-refractivity contribution in [1.29, 1.82) is 0 Å². The Bertz CT molecular complexity index is 889. The summed E-state index contributed by atoms with van der Waals surface area (Å²) in [7, 11) is 1.66. The summed E-state index contributed by atoms with van der Waals surface area (Å²) >= 11 is 0. The molecule has 6 nitrogen and oxygen atoms in total. The highest BCUT2D eigenvalue weighted by molar-refractivity contribution is 6.00. The molecule has 3 aromatic rings. The van der Waals surface area contributed by atoms with Gasteiger partial charge in [0.1, 0.15) is 5.52 Å². The first-order chi connectivity index (χ1) is 9.70. The average molecular weight is 268 g/mol. The fourth-order valence-corrected chi connectivity index (χ4v) is 2.14. The monoisotopic (exact) mass is 268 g/mol. The van der Waals surface area contributed by atoms with Crippen LogP contribution in [0, 0.1) is 0 Å². The SMILES string of the molecule is C=NN=CCc1ccc2ncc3c(oc(=O)n3C)c2c1. The molecule has 0 aliphatic carbocycles. The van der Waals surface area contributed by atoms with E-state index in [1.807, 2.05) is 18.2 Å². The molecule has 0 saturated heterocycles. The zero-order valence-electron chi connectivity index (χ0n) is 10.9. The van der Waals surface area contributed by atoms with Crippen LogP contribution in [0.2, 0.25) is 0 Å². The van der Waals surface area contributed by atoms with Crippen molar-refractivity contribution in [2.24, 2.45) is 17.3 Å². The van der Waals surface area contributed by atoms with Crippen LogP contribution in [0.4, 0.5) is 0 Å². The second-order valence-electron chi connectivity index (χ2n) is 4.39. The van der Waals surface area contributed by atoms with Gasteiger partial charge in [-0.3, -0.25) is 9.55 Å². The fraction of sp³-hybridized carbons (Fsp3) is 0.143. The van der Waals surface area contributed by atoms with Crippen LogP contribution in [0.5, 0.6) is 0 Å². The van der Waals surface area contributed by atoms with Gasteiger partial charge in [0, 0.05) is 31.8 Å². The maximum atomic E-state index is 11.6. The summed E-state index contributed by atoms with van der Waals surface area (Å²) < 4.78 is 6.74. The van der Waals surface area contributed by atoms with Gasteiger partial charge in [-0.15, -0.1) is 0 Å². The Morgan fingerprint density at radius 2 is 2.35 bits per heavy atom. The van der Waals surface area contributed by atoms with Crippen molar-refractivity contribution in [3.8, 4) is 0 Å². The molecule has 0 radical (unpaired) electrons. The highest BCUT2D eigenvalue weighted by atomic mass is 16.4. The normalized spacial score (nSPS) is 11.7. The van der Waals surface area contributed by atoms with Gasteiger partial charge in [0.15, 0.2) is 5.58 Å². The van der Waals surface area contributed by atoms with Gasteiger partial charge >= 0.3 is 5.76 Å². The molecule has 3 rings (SSSR count). The van der Waals surface area contributed by atoms with Crippen molar-refractivity contribution in [1.82, 2.24) is 9.55 Å². The second kappa shape index (κ2) is 4.73. The predicted molar refractivity (Wildman–Crippen MR) is 78.5 cm³/mol. The molecule has 20 heavy (non-hydrogen) atoms. The third kappa shape index (κ3) is 1.91. The number of aryl methyl sites for hydroxylation is 1. The number of oxazole rings is 1. The van der Waals surface area contributed by atoms with E-state index < -0.39 is 5.76 Å². The third-order valence-electron chi connectivity index (χ3n) is 3.18. The zero-order chi connectivity index (χ0) is 14.1. The predicted octanol–water partition coefficient (Wildman–Crippen LogP) is 1.91. The average Bonchev–Trinajstić information content (AvgIpc) is 2.75. The first kappa shape index (κ1) is 12.3. The summed E-state index contributed by atoms with van der Waals surface area (Å²) in [4.78, 5) is 15.9. The highest BCUT2D eigenvalue weighted by Crippen LogP contribution is 2.23. The van der Waals surface area contributed by atoms with Gasteiger partial charge < -0.3 is 4.42 Å². The minimum Gasteiger partial charge on any atom is -0.407 e. The molecule has 0 amide bonds. The number of hydrogen-bond donors (Lipinski definition) is 0. The van der Waals surface area contributed by atoms with Crippen LogP contribution in [0.25, 0.3) is 22.0 Å². The molecule has 0 aliphatic rings. The number of aromatic nitrogens is 2. The number of benzene rings is 1. The molecule has 0 saturated carbocycles. The third-order valence-corrected chi connectivity index (χ3v) is 3.18. The maximum Gasteiger partial charge on any atom is 0.419 e. The van der Waals surface area contributed by atoms with Crippen molar-refractivity contribution < 1.29 is 4.42 Å². The Morgan fingerprint density at radius 3 is 3.15 bits per heavy atom. The lowest BCUT2D eigenvalue weighted by Gasteiger charge is -2.01. The number of rotatable bonds is 3. The lowest BCUT2D eigenvalue weighted by atomic mass is 10.1. The zero-order valence-corrected chi connectivity index (χ0v) is 10.9. The number of nitrogens with zero attached hydrogens (tertiary/aromatic N) is 4. The topological polar surface area (TPSA) is 72.8 Å². The maximum absolute atomic E-state index is 11.6. The summed E-state index contributed by atoms with van der Waals surface area (Å²) in [6, 6.07) is 5.80. The highest BCUT2D eigenvalue weighted by Gasteiger charge is 2.10. The molecule has 0 fully saturated rings. The molecule has 0 bridgehead atoms. The molecule has 100 valence electrons. The van der Waals surface area contributed by atoms with E-state index in [2.05, 4.69) is 21.9 Å². The van der Waals surface area contributed by atoms with Crippen LogP contribution in [-0.2, 0) is 13.5 Å². The van der Waals surface area contributed by atoms with Crippen LogP contribution in [0.3, 0.4) is 0 Å². The van der Waals surface area contributed by atoms with Gasteiger partial charge in [-0.05, 0) is 17.7 Å². The summed E-state index contributed by atoms with van der Waals surface area (Å²) in [5.74, 6) is -0.392. The minimum absolute atomic E-state index is 0.392. The molecule has 0 N–H and O–H groups in total. The first-order valence-corrected chi connectivity index (χ1v) is 6.05. The standard InChI is InChI=1S/C14H12N4O2/c1-15-17-6-5-9-3-4-11-10(7-9)13-12(8-16-11)18(2)14(19)20-13/h3-4,6-8H,1,5H2,2H3. The summed E-state index contributed by atoms with van der Waals surface area (Å²) in [5, 5.41) is 7.96. The Kier molecular flexibility index (Phi) is 2.90. The van der Waals surface area contributed by atoms with E-state index in [0.717, 1.165) is 16.5 Å². The summed E-state index contributed by atoms with van der Waals surface area (Å²) in [6.07, 6.45) is 3.94. The smallest absolute Gasteiger partial charge is 0.407 e. The van der Waals surface area contributed by atoms with Crippen molar-refractivity contribution in [2.45, 2.75) is 6.42 Å². The van der Waals surface area contributed by atoms with Gasteiger partial charge in [0.25, 0.3) is 0 Å². The van der Waals surface area contributed by atoms with Crippen molar-refractivity contribution >= 4 is 34.9 Å². The van der Waals surface area contributed by atoms with E-state index in [1.165, 1.54) is 4.57 Å². The molecule has 2 aromatic heterocycles. The molecule has 2 heterocycles. The van der Waals surface area contributed by atoms with Crippen LogP contribution in [-0.4, -0.2) is 22.5 Å². The Morgan fingerprint density at radius 1 is 1.50 bits per heavy atom. The van der Waals surface area contributed by atoms with Crippen molar-refractivity contribution in [2.75, 3.05) is 0 Å². The van der Waals surface area contributed by atoms with E-state index >= 15 is 0 Å². The molecule has 0 aliphatic heterocycles. The minimum atomic E-state index is -0.392. The van der Waals surface area contributed by atoms with Crippen LogP contribution in [0.15, 0.2) is 43.8 Å². The van der Waals surface area contributed by atoms with E-state index in [-0.39, 0.29) is 0 Å². The van der Waals surface area contributed by atoms with Crippen LogP contribution in [0.1, 0.15) is 5.56 Å². The molecule has 0 atom stereocenters. The first-order valence-electron chi connectivity index (χ1n) is 6.05. The van der Waals surface area contributed by atoms with E-state index in [0.29, 0.717) is 17.5 Å². The largest absolute Gasteiger partial charge is 0.419 e. The number of fused-ring (bicyclic) bond motifs is 3. The number of hydrogen-bond acceptors (Lipinski definition) is 5. The Labute approximate surface area is 114 Å². The quantitative estimate of drug-likeness (QED) is 0.538. The van der Waals surface area contributed by atoms with Gasteiger partial charge in [-0.1, -0.05) is 6.07 Å². The molecule has 6 heteroatoms. The van der Waals surface area contributed by atoms with Gasteiger partial charge in [0.2, 0.25) is 0 Å². The fourth-order valence-electron chi connectivity index (χ4n) is 2.14. The molecule has 1 aromatic carbocycles. The van der Waals surface area contributed by atoms with E-state index in [9.17, 15) is 4.79 Å². The van der Waals surface area contributed by atoms with Gasteiger partial charge in [0.05, 0.1) is 11.7 Å². The lowest BCUT2D eigenvalue weighted by Crippen LogP contribution is -2.08. The van der Waals surface area contributed by atoms with Crippen molar-refractivity contribution in [3.63, 3.8) is 0 Å².